The van der Waals surface area contributed by atoms with Crippen molar-refractivity contribution in [2.75, 3.05) is 18.2 Å². The number of anilines is 1. The van der Waals surface area contributed by atoms with Crippen molar-refractivity contribution >= 4 is 22.6 Å². The van der Waals surface area contributed by atoms with Crippen LogP contribution in [-0.4, -0.2) is 23.6 Å². The Hall–Kier alpha value is -1.000. The van der Waals surface area contributed by atoms with Crippen LogP contribution in [0.2, 0.25) is 0 Å². The molecule has 1 aromatic carbocycles. The number of methoxy groups -OCH3 is 1. The molecule has 0 unspecified atom stereocenters. The summed E-state index contributed by atoms with van der Waals surface area (Å²) >= 11 is 1.87. The van der Waals surface area contributed by atoms with E-state index in [-0.39, 0.29) is 5.54 Å². The van der Waals surface area contributed by atoms with E-state index >= 15 is 0 Å². The number of para-hydroxylation sites is 1. The molecule has 1 aliphatic carbocycles. The van der Waals surface area contributed by atoms with Gasteiger partial charge in [0.25, 0.3) is 0 Å². The van der Waals surface area contributed by atoms with Crippen molar-refractivity contribution in [3.05, 3.63) is 29.8 Å². The van der Waals surface area contributed by atoms with Crippen LogP contribution in [0, 0.1) is 0 Å². The lowest BCUT2D eigenvalue weighted by molar-refractivity contribution is 0.185. The number of amidine groups is 1. The molecule has 0 amide bonds. The minimum absolute atomic E-state index is 0.224. The first-order valence-corrected chi connectivity index (χ1v) is 8.36. The predicted octanol–water partition coefficient (Wildman–Crippen LogP) is 4.05. The zero-order chi connectivity index (χ0) is 13.8. The quantitative estimate of drug-likeness (QED) is 0.911. The van der Waals surface area contributed by atoms with Gasteiger partial charge in [0, 0.05) is 24.1 Å². The van der Waals surface area contributed by atoms with Crippen molar-refractivity contribution in [3.63, 3.8) is 0 Å². The third-order valence-electron chi connectivity index (χ3n) is 4.16. The van der Waals surface area contributed by atoms with Crippen LogP contribution in [0.4, 0.5) is 5.69 Å². The van der Waals surface area contributed by atoms with E-state index in [0.29, 0.717) is 6.61 Å². The van der Waals surface area contributed by atoms with E-state index in [4.69, 9.17) is 9.73 Å². The number of aliphatic imine (C=N–C) groups is 1. The van der Waals surface area contributed by atoms with Gasteiger partial charge >= 0.3 is 0 Å². The summed E-state index contributed by atoms with van der Waals surface area (Å²) in [6.07, 6.45) is 6.55. The highest BCUT2D eigenvalue weighted by Crippen LogP contribution is 2.40. The third-order valence-corrected chi connectivity index (χ3v) is 5.31. The normalized spacial score (nSPS) is 20.9. The van der Waals surface area contributed by atoms with Gasteiger partial charge in [-0.15, -0.1) is 0 Å². The number of nitrogens with zero attached hydrogens (tertiary/aromatic N) is 1. The summed E-state index contributed by atoms with van der Waals surface area (Å²) in [4.78, 5) is 5.00. The smallest absolute Gasteiger partial charge is 0.161 e. The van der Waals surface area contributed by atoms with E-state index in [0.717, 1.165) is 16.6 Å². The minimum Gasteiger partial charge on any atom is -0.380 e. The molecule has 1 N–H and O–H groups in total. The van der Waals surface area contributed by atoms with Crippen LogP contribution in [0.5, 0.6) is 0 Å². The number of ether oxygens (including phenoxy) is 1. The highest BCUT2D eigenvalue weighted by Gasteiger charge is 2.36. The van der Waals surface area contributed by atoms with Crippen LogP contribution in [0.1, 0.15) is 37.7 Å². The lowest BCUT2D eigenvalue weighted by Gasteiger charge is -2.29. The van der Waals surface area contributed by atoms with Crippen molar-refractivity contribution in [1.82, 2.24) is 0 Å². The molecule has 1 saturated carbocycles. The monoisotopic (exact) mass is 290 g/mol. The van der Waals surface area contributed by atoms with Gasteiger partial charge in [-0.25, -0.2) is 0 Å². The molecule has 1 fully saturated rings. The van der Waals surface area contributed by atoms with Crippen LogP contribution in [-0.2, 0) is 11.3 Å². The van der Waals surface area contributed by atoms with E-state index in [1.165, 1.54) is 37.7 Å². The fourth-order valence-electron chi connectivity index (χ4n) is 3.05. The van der Waals surface area contributed by atoms with Gasteiger partial charge in [0.2, 0.25) is 0 Å². The number of nitrogens with one attached hydrogen (secondary N) is 1. The average molecular weight is 290 g/mol. The third kappa shape index (κ3) is 3.01. The first kappa shape index (κ1) is 14.0. The van der Waals surface area contributed by atoms with Gasteiger partial charge in [-0.2, -0.15) is 0 Å². The second-order valence-corrected chi connectivity index (χ2v) is 6.67. The molecule has 2 aliphatic rings. The summed E-state index contributed by atoms with van der Waals surface area (Å²) in [5.74, 6) is 1.14. The molecule has 0 atom stereocenters. The predicted molar refractivity (Wildman–Crippen MR) is 86.5 cm³/mol. The highest BCUT2D eigenvalue weighted by atomic mass is 32.2. The van der Waals surface area contributed by atoms with Crippen molar-refractivity contribution in [2.24, 2.45) is 4.99 Å². The molecular formula is C16H22N2OS. The topological polar surface area (TPSA) is 33.6 Å². The zero-order valence-electron chi connectivity index (χ0n) is 12.0. The first-order chi connectivity index (χ1) is 9.81. The van der Waals surface area contributed by atoms with E-state index < -0.39 is 0 Å². The Morgan fingerprint density at radius 2 is 2.05 bits per heavy atom. The zero-order valence-corrected chi connectivity index (χ0v) is 12.8. The maximum absolute atomic E-state index is 5.26. The summed E-state index contributed by atoms with van der Waals surface area (Å²) < 4.78 is 5.26. The molecule has 4 heteroatoms. The van der Waals surface area contributed by atoms with Gasteiger partial charge in [0.15, 0.2) is 5.17 Å². The maximum Gasteiger partial charge on any atom is 0.161 e. The molecule has 1 aliphatic heterocycles. The lowest BCUT2D eigenvalue weighted by Crippen LogP contribution is -2.29. The van der Waals surface area contributed by atoms with Crippen molar-refractivity contribution < 1.29 is 4.74 Å². The van der Waals surface area contributed by atoms with Crippen molar-refractivity contribution in [1.29, 1.82) is 0 Å². The molecule has 0 radical (unpaired) electrons. The van der Waals surface area contributed by atoms with Gasteiger partial charge < -0.3 is 10.1 Å². The summed E-state index contributed by atoms with van der Waals surface area (Å²) in [7, 11) is 1.73. The molecule has 0 bridgehead atoms. The van der Waals surface area contributed by atoms with Crippen LogP contribution >= 0.6 is 11.8 Å². The number of hydrogen-bond donors (Lipinski definition) is 1. The molecule has 3 rings (SSSR count). The van der Waals surface area contributed by atoms with Gasteiger partial charge in [-0.1, -0.05) is 49.2 Å². The Kier molecular flexibility index (Phi) is 4.32. The highest BCUT2D eigenvalue weighted by molar-refractivity contribution is 8.14. The molecule has 108 valence electrons. The second-order valence-electron chi connectivity index (χ2n) is 5.71. The number of hydrogen-bond acceptors (Lipinski definition) is 4. The lowest BCUT2D eigenvalue weighted by atomic mass is 9.84. The average Bonchev–Trinajstić information content (AvgIpc) is 2.85. The van der Waals surface area contributed by atoms with Crippen molar-refractivity contribution in [3.8, 4) is 0 Å². The summed E-state index contributed by atoms with van der Waals surface area (Å²) in [6, 6.07) is 8.30. The molecule has 20 heavy (non-hydrogen) atoms. The largest absolute Gasteiger partial charge is 0.380 e. The Morgan fingerprint density at radius 1 is 1.25 bits per heavy atom. The fraction of sp³-hybridized carbons (Fsp3) is 0.562. The summed E-state index contributed by atoms with van der Waals surface area (Å²) in [5, 5.41) is 4.58. The second kappa shape index (κ2) is 6.19. The molecule has 3 nitrogen and oxygen atoms in total. The van der Waals surface area contributed by atoms with Crippen molar-refractivity contribution in [2.45, 2.75) is 44.2 Å². The SMILES string of the molecule is COCc1ccccc1NC1=NC2(CCCCC2)CS1. The summed E-state index contributed by atoms with van der Waals surface area (Å²) in [6.45, 7) is 0.631. The number of benzene rings is 1. The Morgan fingerprint density at radius 3 is 2.85 bits per heavy atom. The van der Waals surface area contributed by atoms with Gasteiger partial charge in [0.05, 0.1) is 12.1 Å². The van der Waals surface area contributed by atoms with Crippen LogP contribution in [0.25, 0.3) is 0 Å². The molecular weight excluding hydrogens is 268 g/mol. The number of thioether (sulfide) groups is 1. The molecule has 1 heterocycles. The Balaban J connectivity index is 1.73. The van der Waals surface area contributed by atoms with E-state index in [9.17, 15) is 0 Å². The number of rotatable bonds is 3. The van der Waals surface area contributed by atoms with Gasteiger partial charge in [-0.3, -0.25) is 4.99 Å². The minimum atomic E-state index is 0.224. The van der Waals surface area contributed by atoms with E-state index in [1.807, 2.05) is 17.8 Å². The van der Waals surface area contributed by atoms with Gasteiger partial charge in [-0.05, 0) is 18.9 Å². The standard InChI is InChI=1S/C16H22N2OS/c1-19-11-13-7-3-4-8-14(13)17-15-18-16(12-20-15)9-5-2-6-10-16/h3-4,7-8H,2,5-6,9-12H2,1H3,(H,17,18). The first-order valence-electron chi connectivity index (χ1n) is 7.38. The molecule has 1 aromatic rings. The van der Waals surface area contributed by atoms with Crippen LogP contribution in [0.15, 0.2) is 29.3 Å². The van der Waals surface area contributed by atoms with E-state index in [2.05, 4.69) is 23.5 Å². The Labute approximate surface area is 125 Å². The maximum atomic E-state index is 5.26. The fourth-order valence-corrected chi connectivity index (χ4v) is 4.25. The molecule has 1 spiro atoms. The van der Waals surface area contributed by atoms with Gasteiger partial charge in [0.1, 0.15) is 0 Å². The Bertz CT molecular complexity index is 495. The van der Waals surface area contributed by atoms with Crippen LogP contribution < -0.4 is 5.32 Å². The van der Waals surface area contributed by atoms with E-state index in [1.54, 1.807) is 7.11 Å². The summed E-state index contributed by atoms with van der Waals surface area (Å²) in [5.41, 5.74) is 2.53. The molecule has 0 saturated heterocycles. The molecule has 0 aromatic heterocycles. The van der Waals surface area contributed by atoms with Crippen LogP contribution in [0.3, 0.4) is 0 Å².